The maximum absolute atomic E-state index is 11.8. The van der Waals surface area contributed by atoms with Gasteiger partial charge in [-0.15, -0.1) is 0 Å². The van der Waals surface area contributed by atoms with Crippen LogP contribution in [0.4, 0.5) is 5.69 Å². The molecule has 0 radical (unpaired) electrons. The van der Waals surface area contributed by atoms with E-state index in [1.807, 2.05) is 31.2 Å². The van der Waals surface area contributed by atoms with Gasteiger partial charge in [0.05, 0.1) is 13.2 Å². The van der Waals surface area contributed by atoms with Crippen LogP contribution in [0.1, 0.15) is 18.4 Å². The second-order valence-electron chi connectivity index (χ2n) is 4.71. The van der Waals surface area contributed by atoms with Gasteiger partial charge in [-0.1, -0.05) is 12.1 Å². The number of nitrogens with one attached hydrogen (secondary N) is 2. The lowest BCUT2D eigenvalue weighted by atomic mass is 10.1. The fraction of sp³-hybridized carbons (Fsp3) is 0.500. The normalized spacial score (nSPS) is 19.5. The lowest BCUT2D eigenvalue weighted by Gasteiger charge is -2.22. The van der Waals surface area contributed by atoms with Crippen LogP contribution in [0.5, 0.6) is 0 Å². The van der Waals surface area contributed by atoms with Crippen LogP contribution in [-0.2, 0) is 9.53 Å². The zero-order valence-corrected chi connectivity index (χ0v) is 10.7. The lowest BCUT2D eigenvalue weighted by Crippen LogP contribution is -2.41. The van der Waals surface area contributed by atoms with E-state index in [0.29, 0.717) is 19.2 Å². The Morgan fingerprint density at radius 3 is 3.11 bits per heavy atom. The molecule has 0 saturated carbocycles. The maximum atomic E-state index is 11.8. The number of hydrogen-bond donors (Lipinski definition) is 2. The van der Waals surface area contributed by atoms with Crippen molar-refractivity contribution >= 4 is 11.6 Å². The van der Waals surface area contributed by atoms with Crippen molar-refractivity contribution in [3.05, 3.63) is 29.8 Å². The minimum absolute atomic E-state index is 0.00817. The Bertz CT molecular complexity index is 401. The number of carbonyl (C=O) groups is 1. The molecule has 1 amide bonds. The molecular weight excluding hydrogens is 228 g/mol. The van der Waals surface area contributed by atoms with E-state index in [1.165, 1.54) is 0 Å². The Morgan fingerprint density at radius 2 is 2.39 bits per heavy atom. The van der Waals surface area contributed by atoms with Crippen molar-refractivity contribution in [2.24, 2.45) is 0 Å². The highest BCUT2D eigenvalue weighted by molar-refractivity contribution is 5.92. The van der Waals surface area contributed by atoms with Crippen LogP contribution in [0.2, 0.25) is 0 Å². The summed E-state index contributed by atoms with van der Waals surface area (Å²) in [5.41, 5.74) is 1.99. The van der Waals surface area contributed by atoms with Crippen molar-refractivity contribution in [2.45, 2.75) is 25.8 Å². The Morgan fingerprint density at radius 1 is 1.50 bits per heavy atom. The zero-order valence-electron chi connectivity index (χ0n) is 10.7. The van der Waals surface area contributed by atoms with E-state index in [2.05, 4.69) is 10.6 Å². The second kappa shape index (κ2) is 6.52. The van der Waals surface area contributed by atoms with Crippen molar-refractivity contribution < 1.29 is 9.53 Å². The average molecular weight is 248 g/mol. The molecule has 1 aromatic carbocycles. The topological polar surface area (TPSA) is 50.4 Å². The van der Waals surface area contributed by atoms with Gasteiger partial charge in [-0.3, -0.25) is 4.79 Å². The molecular formula is C14H20N2O2. The summed E-state index contributed by atoms with van der Waals surface area (Å²) >= 11 is 0. The molecule has 1 aliphatic rings. The molecule has 1 aliphatic heterocycles. The number of rotatable bonds is 4. The number of carbonyl (C=O) groups excluding carboxylic acids is 1. The third-order valence-electron chi connectivity index (χ3n) is 3.01. The number of amides is 1. The minimum atomic E-state index is -0.00817. The predicted molar refractivity (Wildman–Crippen MR) is 71.7 cm³/mol. The molecule has 1 atom stereocenters. The summed E-state index contributed by atoms with van der Waals surface area (Å²) in [6.07, 6.45) is 2.15. The van der Waals surface area contributed by atoms with Gasteiger partial charge in [0, 0.05) is 18.3 Å². The largest absolute Gasteiger partial charge is 0.380 e. The quantitative estimate of drug-likeness (QED) is 0.852. The summed E-state index contributed by atoms with van der Waals surface area (Å²) < 4.78 is 5.35. The van der Waals surface area contributed by atoms with Gasteiger partial charge in [0.1, 0.15) is 0 Å². The van der Waals surface area contributed by atoms with Crippen molar-refractivity contribution in [3.8, 4) is 0 Å². The molecule has 4 heteroatoms. The van der Waals surface area contributed by atoms with E-state index in [-0.39, 0.29) is 5.91 Å². The molecule has 0 spiro atoms. The summed E-state index contributed by atoms with van der Waals surface area (Å²) in [6, 6.07) is 8.11. The van der Waals surface area contributed by atoms with Crippen LogP contribution >= 0.6 is 0 Å². The summed E-state index contributed by atoms with van der Waals surface area (Å²) in [5.74, 6) is -0.00817. The van der Waals surface area contributed by atoms with Crippen molar-refractivity contribution in [1.29, 1.82) is 0 Å². The van der Waals surface area contributed by atoms with Gasteiger partial charge in [0.2, 0.25) is 5.91 Å². The van der Waals surface area contributed by atoms with Gasteiger partial charge >= 0.3 is 0 Å². The monoisotopic (exact) mass is 248 g/mol. The first-order chi connectivity index (χ1) is 8.74. The summed E-state index contributed by atoms with van der Waals surface area (Å²) in [5, 5.41) is 6.10. The molecule has 0 bridgehead atoms. The summed E-state index contributed by atoms with van der Waals surface area (Å²) in [7, 11) is 0. The van der Waals surface area contributed by atoms with E-state index in [0.717, 1.165) is 30.7 Å². The predicted octanol–water partition coefficient (Wildman–Crippen LogP) is 1.70. The minimum Gasteiger partial charge on any atom is -0.380 e. The number of aryl methyl sites for hydroxylation is 1. The van der Waals surface area contributed by atoms with Crippen molar-refractivity contribution in [1.82, 2.24) is 5.32 Å². The molecule has 98 valence electrons. The van der Waals surface area contributed by atoms with Crippen LogP contribution in [0, 0.1) is 6.92 Å². The molecule has 4 nitrogen and oxygen atoms in total. The Kier molecular flexibility index (Phi) is 4.73. The van der Waals surface area contributed by atoms with Crippen LogP contribution in [0.15, 0.2) is 24.3 Å². The Balaban J connectivity index is 1.74. The maximum Gasteiger partial charge on any atom is 0.238 e. The van der Waals surface area contributed by atoms with Crippen molar-refractivity contribution in [2.75, 3.05) is 25.1 Å². The molecule has 1 saturated heterocycles. The highest BCUT2D eigenvalue weighted by Gasteiger charge is 2.14. The molecule has 1 unspecified atom stereocenters. The standard InChI is InChI=1S/C14H20N2O2/c1-11-4-2-5-12(8-11)16-14(17)9-15-13-6-3-7-18-10-13/h2,4-5,8,13,15H,3,6-7,9-10H2,1H3,(H,16,17). The third-order valence-corrected chi connectivity index (χ3v) is 3.01. The van der Waals surface area contributed by atoms with Crippen molar-refractivity contribution in [3.63, 3.8) is 0 Å². The van der Waals surface area contributed by atoms with Gasteiger partial charge in [0.15, 0.2) is 0 Å². The van der Waals surface area contributed by atoms with E-state index in [4.69, 9.17) is 4.74 Å². The number of benzene rings is 1. The highest BCUT2D eigenvalue weighted by atomic mass is 16.5. The lowest BCUT2D eigenvalue weighted by molar-refractivity contribution is -0.115. The van der Waals surface area contributed by atoms with E-state index in [1.54, 1.807) is 0 Å². The number of hydrogen-bond acceptors (Lipinski definition) is 3. The first-order valence-corrected chi connectivity index (χ1v) is 6.42. The molecule has 18 heavy (non-hydrogen) atoms. The zero-order chi connectivity index (χ0) is 12.8. The molecule has 1 fully saturated rings. The molecule has 1 heterocycles. The SMILES string of the molecule is Cc1cccc(NC(=O)CNC2CCCOC2)c1. The Hall–Kier alpha value is -1.39. The second-order valence-corrected chi connectivity index (χ2v) is 4.71. The first kappa shape index (κ1) is 13.1. The van der Waals surface area contributed by atoms with E-state index < -0.39 is 0 Å². The molecule has 0 aliphatic carbocycles. The van der Waals surface area contributed by atoms with Gasteiger partial charge < -0.3 is 15.4 Å². The van der Waals surface area contributed by atoms with E-state index >= 15 is 0 Å². The fourth-order valence-electron chi connectivity index (χ4n) is 2.07. The Labute approximate surface area is 108 Å². The first-order valence-electron chi connectivity index (χ1n) is 6.42. The van der Waals surface area contributed by atoms with Crippen LogP contribution < -0.4 is 10.6 Å². The van der Waals surface area contributed by atoms with Crippen LogP contribution in [0.3, 0.4) is 0 Å². The van der Waals surface area contributed by atoms with Gasteiger partial charge in [-0.2, -0.15) is 0 Å². The number of anilines is 1. The van der Waals surface area contributed by atoms with Gasteiger partial charge in [-0.25, -0.2) is 0 Å². The summed E-state index contributed by atoms with van der Waals surface area (Å²) in [6.45, 7) is 3.89. The molecule has 1 aromatic rings. The van der Waals surface area contributed by atoms with Crippen LogP contribution in [0.25, 0.3) is 0 Å². The highest BCUT2D eigenvalue weighted by Crippen LogP contribution is 2.09. The van der Waals surface area contributed by atoms with Gasteiger partial charge in [0.25, 0.3) is 0 Å². The van der Waals surface area contributed by atoms with Gasteiger partial charge in [-0.05, 0) is 37.5 Å². The smallest absolute Gasteiger partial charge is 0.238 e. The fourth-order valence-corrected chi connectivity index (χ4v) is 2.07. The third kappa shape index (κ3) is 4.13. The average Bonchev–Trinajstić information content (AvgIpc) is 2.38. The molecule has 2 rings (SSSR count). The molecule has 0 aromatic heterocycles. The number of ether oxygens (including phenoxy) is 1. The molecule has 2 N–H and O–H groups in total. The van der Waals surface area contributed by atoms with E-state index in [9.17, 15) is 4.79 Å². The van der Waals surface area contributed by atoms with Crippen LogP contribution in [-0.4, -0.2) is 31.7 Å². The summed E-state index contributed by atoms with van der Waals surface area (Å²) in [4.78, 5) is 11.8.